The van der Waals surface area contributed by atoms with E-state index in [-0.39, 0.29) is 28.6 Å². The molecule has 0 saturated heterocycles. The number of hydrogen-bond donors (Lipinski definition) is 2. The van der Waals surface area contributed by atoms with Gasteiger partial charge in [-0.3, -0.25) is 14.2 Å². The Morgan fingerprint density at radius 1 is 1.25 bits per heavy atom. The van der Waals surface area contributed by atoms with Crippen LogP contribution in [0.2, 0.25) is 0 Å². The molecule has 0 aliphatic heterocycles. The van der Waals surface area contributed by atoms with Crippen molar-refractivity contribution in [2.24, 2.45) is 5.41 Å². The molecule has 128 valence electrons. The second kappa shape index (κ2) is 5.92. The monoisotopic (exact) mass is 329 g/mol. The number of aromatic amines is 1. The fourth-order valence-corrected chi connectivity index (χ4v) is 3.48. The summed E-state index contributed by atoms with van der Waals surface area (Å²) in [5.41, 5.74) is 0.666. The van der Waals surface area contributed by atoms with E-state index in [0.29, 0.717) is 16.6 Å². The SMILES string of the molecule is CC(=O)Nc1ccc2[nH]c(=O)n(C3CCC(C)(C)CC3)c(=O)c2c1. The zero-order chi connectivity index (χ0) is 17.5. The van der Waals surface area contributed by atoms with Gasteiger partial charge in [-0.2, -0.15) is 0 Å². The molecule has 1 amide bonds. The first-order chi connectivity index (χ1) is 11.3. The fraction of sp³-hybridized carbons (Fsp3) is 0.500. The maximum absolute atomic E-state index is 12.9. The summed E-state index contributed by atoms with van der Waals surface area (Å²) in [4.78, 5) is 39.3. The Labute approximate surface area is 139 Å². The van der Waals surface area contributed by atoms with Crippen molar-refractivity contribution in [3.8, 4) is 0 Å². The third kappa shape index (κ3) is 3.13. The molecule has 6 heteroatoms. The van der Waals surface area contributed by atoms with Crippen LogP contribution in [0.5, 0.6) is 0 Å². The summed E-state index contributed by atoms with van der Waals surface area (Å²) < 4.78 is 1.36. The number of nitrogens with one attached hydrogen (secondary N) is 2. The zero-order valence-electron chi connectivity index (χ0n) is 14.3. The number of fused-ring (bicyclic) bond motifs is 1. The van der Waals surface area contributed by atoms with Crippen molar-refractivity contribution in [3.63, 3.8) is 0 Å². The van der Waals surface area contributed by atoms with Crippen molar-refractivity contribution >= 4 is 22.5 Å². The van der Waals surface area contributed by atoms with Crippen LogP contribution < -0.4 is 16.6 Å². The predicted molar refractivity (Wildman–Crippen MR) is 94.4 cm³/mol. The van der Waals surface area contributed by atoms with E-state index in [1.165, 1.54) is 11.5 Å². The Hall–Kier alpha value is -2.37. The minimum Gasteiger partial charge on any atom is -0.326 e. The summed E-state index contributed by atoms with van der Waals surface area (Å²) in [6.45, 7) is 5.85. The maximum Gasteiger partial charge on any atom is 0.329 e. The lowest BCUT2D eigenvalue weighted by molar-refractivity contribution is -0.114. The highest BCUT2D eigenvalue weighted by atomic mass is 16.2. The number of carbonyl (C=O) groups excluding carboxylic acids is 1. The molecule has 6 nitrogen and oxygen atoms in total. The maximum atomic E-state index is 12.9. The van der Waals surface area contributed by atoms with Crippen molar-refractivity contribution in [1.29, 1.82) is 0 Å². The molecule has 1 aliphatic rings. The lowest BCUT2D eigenvalue weighted by atomic mass is 9.75. The molecule has 0 radical (unpaired) electrons. The number of amides is 1. The minimum atomic E-state index is -0.357. The molecule has 0 bridgehead atoms. The molecule has 2 N–H and O–H groups in total. The third-order valence-electron chi connectivity index (χ3n) is 4.92. The second-order valence-electron chi connectivity index (χ2n) is 7.44. The highest BCUT2D eigenvalue weighted by Gasteiger charge is 2.29. The largest absolute Gasteiger partial charge is 0.329 e. The molecule has 3 rings (SSSR count). The molecule has 0 atom stereocenters. The first-order valence-electron chi connectivity index (χ1n) is 8.33. The van der Waals surface area contributed by atoms with E-state index in [0.717, 1.165) is 25.7 Å². The topological polar surface area (TPSA) is 84.0 Å². The summed E-state index contributed by atoms with van der Waals surface area (Å²) in [7, 11) is 0. The molecule has 1 aromatic carbocycles. The number of aromatic nitrogens is 2. The van der Waals surface area contributed by atoms with Gasteiger partial charge in [0.15, 0.2) is 0 Å². The molecule has 0 unspecified atom stereocenters. The fourth-order valence-electron chi connectivity index (χ4n) is 3.48. The third-order valence-corrected chi connectivity index (χ3v) is 4.92. The number of nitrogens with zero attached hydrogens (tertiary/aromatic N) is 1. The van der Waals surface area contributed by atoms with Crippen LogP contribution in [-0.4, -0.2) is 15.5 Å². The smallest absolute Gasteiger partial charge is 0.326 e. The highest BCUT2D eigenvalue weighted by Crippen LogP contribution is 2.39. The van der Waals surface area contributed by atoms with E-state index in [4.69, 9.17) is 0 Å². The van der Waals surface area contributed by atoms with E-state index < -0.39 is 0 Å². The predicted octanol–water partition coefficient (Wildman–Crippen LogP) is 2.79. The Kier molecular flexibility index (Phi) is 4.07. The van der Waals surface area contributed by atoms with Gasteiger partial charge in [0.25, 0.3) is 5.56 Å². The average Bonchev–Trinajstić information content (AvgIpc) is 2.49. The summed E-state index contributed by atoms with van der Waals surface area (Å²) in [6.07, 6.45) is 3.64. The van der Waals surface area contributed by atoms with Crippen LogP contribution in [0.15, 0.2) is 27.8 Å². The zero-order valence-corrected chi connectivity index (χ0v) is 14.3. The number of carbonyl (C=O) groups is 1. The van der Waals surface area contributed by atoms with Crippen molar-refractivity contribution < 1.29 is 4.79 Å². The van der Waals surface area contributed by atoms with Crippen LogP contribution in [0.4, 0.5) is 5.69 Å². The van der Waals surface area contributed by atoms with Gasteiger partial charge in [0.05, 0.1) is 10.9 Å². The van der Waals surface area contributed by atoms with Crippen molar-refractivity contribution in [2.75, 3.05) is 5.32 Å². The summed E-state index contributed by atoms with van der Waals surface area (Å²) in [5, 5.41) is 3.09. The standard InChI is InChI=1S/C18H23N3O3/c1-11(22)19-12-4-5-15-14(10-12)16(23)21(17(24)20-15)13-6-8-18(2,3)9-7-13/h4-5,10,13H,6-9H2,1-3H3,(H,19,22)(H,20,24). The lowest BCUT2D eigenvalue weighted by Gasteiger charge is -2.34. The summed E-state index contributed by atoms with van der Waals surface area (Å²) in [6, 6.07) is 4.88. The Bertz CT molecular complexity index is 898. The van der Waals surface area contributed by atoms with Crippen LogP contribution in [0.1, 0.15) is 52.5 Å². The number of benzene rings is 1. The van der Waals surface area contributed by atoms with Crippen molar-refractivity contribution in [3.05, 3.63) is 39.0 Å². The number of anilines is 1. The molecular weight excluding hydrogens is 306 g/mol. The van der Waals surface area contributed by atoms with E-state index >= 15 is 0 Å². The van der Waals surface area contributed by atoms with Crippen LogP contribution in [-0.2, 0) is 4.79 Å². The molecule has 2 aromatic rings. The lowest BCUT2D eigenvalue weighted by Crippen LogP contribution is -2.40. The highest BCUT2D eigenvalue weighted by molar-refractivity contribution is 5.91. The van der Waals surface area contributed by atoms with Gasteiger partial charge in [-0.15, -0.1) is 0 Å². The van der Waals surface area contributed by atoms with Crippen LogP contribution in [0.25, 0.3) is 10.9 Å². The van der Waals surface area contributed by atoms with E-state index in [2.05, 4.69) is 24.1 Å². The number of H-pyrrole nitrogens is 1. The van der Waals surface area contributed by atoms with Gasteiger partial charge in [0, 0.05) is 18.7 Å². The van der Waals surface area contributed by atoms with E-state index in [1.807, 2.05) is 0 Å². The Balaban J connectivity index is 2.07. The molecule has 1 fully saturated rings. The second-order valence-corrected chi connectivity index (χ2v) is 7.44. The first kappa shape index (κ1) is 16.5. The normalized spacial score (nSPS) is 17.8. The summed E-state index contributed by atoms with van der Waals surface area (Å²) in [5.74, 6) is -0.200. The van der Waals surface area contributed by atoms with Crippen molar-refractivity contribution in [1.82, 2.24) is 9.55 Å². The number of hydrogen-bond acceptors (Lipinski definition) is 3. The van der Waals surface area contributed by atoms with Gasteiger partial charge in [0.1, 0.15) is 0 Å². The summed E-state index contributed by atoms with van der Waals surface area (Å²) >= 11 is 0. The average molecular weight is 329 g/mol. The number of rotatable bonds is 2. The van der Waals surface area contributed by atoms with Crippen LogP contribution >= 0.6 is 0 Å². The van der Waals surface area contributed by atoms with Crippen molar-refractivity contribution in [2.45, 2.75) is 52.5 Å². The Morgan fingerprint density at radius 2 is 1.92 bits per heavy atom. The van der Waals surface area contributed by atoms with Crippen LogP contribution in [0, 0.1) is 5.41 Å². The first-order valence-corrected chi connectivity index (χ1v) is 8.33. The van der Waals surface area contributed by atoms with Gasteiger partial charge in [-0.1, -0.05) is 13.8 Å². The molecule has 1 heterocycles. The minimum absolute atomic E-state index is 0.0666. The molecule has 0 spiro atoms. The molecule has 24 heavy (non-hydrogen) atoms. The molecular formula is C18H23N3O3. The quantitative estimate of drug-likeness (QED) is 0.888. The Morgan fingerprint density at radius 3 is 2.54 bits per heavy atom. The van der Waals surface area contributed by atoms with Crippen LogP contribution in [0.3, 0.4) is 0 Å². The van der Waals surface area contributed by atoms with Gasteiger partial charge in [-0.25, -0.2) is 4.79 Å². The molecule has 1 aromatic heterocycles. The van der Waals surface area contributed by atoms with Gasteiger partial charge in [-0.05, 0) is 49.3 Å². The molecule has 1 saturated carbocycles. The van der Waals surface area contributed by atoms with E-state index in [9.17, 15) is 14.4 Å². The van der Waals surface area contributed by atoms with Gasteiger partial charge < -0.3 is 10.3 Å². The van der Waals surface area contributed by atoms with E-state index in [1.54, 1.807) is 18.2 Å². The van der Waals surface area contributed by atoms with Gasteiger partial charge >= 0.3 is 5.69 Å². The molecule has 1 aliphatic carbocycles. The van der Waals surface area contributed by atoms with Gasteiger partial charge in [0.2, 0.25) is 5.91 Å².